The van der Waals surface area contributed by atoms with Gasteiger partial charge in [-0.3, -0.25) is 0 Å². The Morgan fingerprint density at radius 2 is 2.07 bits per heavy atom. The minimum atomic E-state index is 0.971. The second-order valence-corrected chi connectivity index (χ2v) is 4.06. The largest absolute Gasteiger partial charge is 0.239 e. The van der Waals surface area contributed by atoms with E-state index in [2.05, 4.69) is 21.5 Å². The molecule has 15 heavy (non-hydrogen) atoms. The van der Waals surface area contributed by atoms with E-state index in [1.54, 1.807) is 6.21 Å². The van der Waals surface area contributed by atoms with Crippen LogP contribution in [-0.4, -0.2) is 11.2 Å². The highest BCUT2D eigenvalue weighted by Crippen LogP contribution is 2.27. The van der Waals surface area contributed by atoms with Crippen molar-refractivity contribution in [2.45, 2.75) is 5.03 Å². The molecular weight excluding hydrogens is 204 g/mol. The van der Waals surface area contributed by atoms with Crippen LogP contribution < -0.4 is 0 Å². The molecule has 0 radical (unpaired) electrons. The van der Waals surface area contributed by atoms with Gasteiger partial charge in [0.15, 0.2) is 0 Å². The van der Waals surface area contributed by atoms with Gasteiger partial charge in [-0.25, -0.2) is 9.38 Å². The Morgan fingerprint density at radius 3 is 3.07 bits per heavy atom. The Morgan fingerprint density at radius 1 is 1.13 bits per heavy atom. The predicted octanol–water partition coefficient (Wildman–Crippen LogP) is 3.34. The van der Waals surface area contributed by atoms with Crippen molar-refractivity contribution in [3.63, 3.8) is 0 Å². The summed E-state index contributed by atoms with van der Waals surface area (Å²) in [6, 6.07) is 10.3. The molecule has 0 saturated heterocycles. The van der Waals surface area contributed by atoms with Gasteiger partial charge in [0, 0.05) is 29.1 Å². The molecule has 0 bridgehead atoms. The zero-order chi connectivity index (χ0) is 10.1. The average Bonchev–Trinajstić information content (AvgIpc) is 2.50. The first-order valence-corrected chi connectivity index (χ1v) is 5.48. The molecule has 72 valence electrons. The summed E-state index contributed by atoms with van der Waals surface area (Å²) in [7, 11) is 0. The van der Waals surface area contributed by atoms with E-state index in [0.717, 1.165) is 16.1 Å². The van der Waals surface area contributed by atoms with Gasteiger partial charge in [0.05, 0.1) is 5.52 Å². The van der Waals surface area contributed by atoms with Gasteiger partial charge in [0.1, 0.15) is 5.03 Å². The zero-order valence-electron chi connectivity index (χ0n) is 7.92. The lowest BCUT2D eigenvalue weighted by atomic mass is 10.1. The molecule has 0 atom stereocenters. The van der Waals surface area contributed by atoms with Crippen molar-refractivity contribution in [1.29, 1.82) is 0 Å². The first-order valence-electron chi connectivity index (χ1n) is 4.70. The number of fused-ring (bicyclic) bond motifs is 2. The number of nitrogens with zero attached hydrogens (tertiary/aromatic N) is 2. The van der Waals surface area contributed by atoms with E-state index in [1.807, 2.05) is 30.4 Å². The Labute approximate surface area is 91.9 Å². The van der Waals surface area contributed by atoms with Crippen LogP contribution in [0.2, 0.25) is 0 Å². The smallest absolute Gasteiger partial charge is 0.127 e. The molecule has 0 fully saturated rings. The highest BCUT2D eigenvalue weighted by Gasteiger charge is 2.05. The van der Waals surface area contributed by atoms with E-state index in [4.69, 9.17) is 0 Å². The molecule has 3 rings (SSSR count). The Balaban J connectivity index is 2.31. The van der Waals surface area contributed by atoms with Gasteiger partial charge in [-0.1, -0.05) is 24.3 Å². The molecule has 0 aliphatic carbocycles. The minimum absolute atomic E-state index is 0.971. The van der Waals surface area contributed by atoms with Gasteiger partial charge < -0.3 is 0 Å². The summed E-state index contributed by atoms with van der Waals surface area (Å²) in [5.41, 5.74) is 2.16. The molecule has 3 heteroatoms. The SMILES string of the molecule is C1=Cc2cc3ccccc3nc2SN=C1. The highest BCUT2D eigenvalue weighted by molar-refractivity contribution is 7.98. The van der Waals surface area contributed by atoms with Crippen LogP contribution in [0.1, 0.15) is 5.56 Å². The summed E-state index contributed by atoms with van der Waals surface area (Å²) < 4.78 is 4.16. The molecule has 1 aliphatic heterocycles. The maximum absolute atomic E-state index is 4.57. The molecule has 2 aromatic rings. The van der Waals surface area contributed by atoms with Crippen LogP contribution in [-0.2, 0) is 0 Å². The number of hydrogen-bond donors (Lipinski definition) is 0. The Hall–Kier alpha value is -1.61. The maximum Gasteiger partial charge on any atom is 0.127 e. The second-order valence-electron chi connectivity index (χ2n) is 3.28. The third-order valence-electron chi connectivity index (χ3n) is 2.28. The molecular formula is C12H8N2S. The minimum Gasteiger partial charge on any atom is -0.239 e. The van der Waals surface area contributed by atoms with Crippen LogP contribution in [0.5, 0.6) is 0 Å². The van der Waals surface area contributed by atoms with Crippen LogP contribution in [0.4, 0.5) is 0 Å². The number of allylic oxidation sites excluding steroid dienone is 1. The van der Waals surface area contributed by atoms with Crippen molar-refractivity contribution >= 4 is 35.1 Å². The summed E-state index contributed by atoms with van der Waals surface area (Å²) >= 11 is 1.42. The maximum atomic E-state index is 4.57. The van der Waals surface area contributed by atoms with Gasteiger partial charge in [0.2, 0.25) is 0 Å². The summed E-state index contributed by atoms with van der Waals surface area (Å²) in [6.07, 6.45) is 5.77. The van der Waals surface area contributed by atoms with Crippen LogP contribution in [0, 0.1) is 0 Å². The standard InChI is InChI=1S/C12H8N2S/c1-2-6-11-9(4-1)8-10-5-3-7-13-15-12(10)14-11/h1-8H. The number of benzene rings is 1. The van der Waals surface area contributed by atoms with Crippen LogP contribution in [0.25, 0.3) is 17.0 Å². The molecule has 2 nitrogen and oxygen atoms in total. The summed E-state index contributed by atoms with van der Waals surface area (Å²) in [6.45, 7) is 0. The fraction of sp³-hybridized carbons (Fsp3) is 0. The normalized spacial score (nSPS) is 13.9. The number of rotatable bonds is 0. The highest BCUT2D eigenvalue weighted by atomic mass is 32.2. The number of hydrogen-bond acceptors (Lipinski definition) is 3. The molecule has 1 aromatic carbocycles. The summed E-state index contributed by atoms with van der Waals surface area (Å²) in [5.74, 6) is 0. The van der Waals surface area contributed by atoms with Gasteiger partial charge >= 0.3 is 0 Å². The summed E-state index contributed by atoms with van der Waals surface area (Å²) in [4.78, 5) is 4.57. The van der Waals surface area contributed by atoms with Crippen molar-refractivity contribution in [3.05, 3.63) is 42.0 Å². The molecule has 0 spiro atoms. The first-order chi connectivity index (χ1) is 7.43. The molecule has 0 N–H and O–H groups in total. The quantitative estimate of drug-likeness (QED) is 0.626. The van der Waals surface area contributed by atoms with Crippen molar-refractivity contribution in [3.8, 4) is 0 Å². The topological polar surface area (TPSA) is 25.2 Å². The molecule has 1 aromatic heterocycles. The van der Waals surface area contributed by atoms with E-state index in [1.165, 1.54) is 17.3 Å². The lowest BCUT2D eigenvalue weighted by molar-refractivity contribution is 1.18. The van der Waals surface area contributed by atoms with Crippen molar-refractivity contribution in [2.24, 2.45) is 4.40 Å². The molecule has 0 unspecified atom stereocenters. The summed E-state index contributed by atoms with van der Waals surface area (Å²) in [5, 5.41) is 2.14. The van der Waals surface area contributed by atoms with Gasteiger partial charge in [-0.05, 0) is 18.2 Å². The fourth-order valence-corrected chi connectivity index (χ4v) is 2.17. The van der Waals surface area contributed by atoms with E-state index in [-0.39, 0.29) is 0 Å². The lowest BCUT2D eigenvalue weighted by Crippen LogP contribution is -1.85. The van der Waals surface area contributed by atoms with Gasteiger partial charge in [0.25, 0.3) is 0 Å². The average molecular weight is 212 g/mol. The zero-order valence-corrected chi connectivity index (χ0v) is 8.74. The van der Waals surface area contributed by atoms with Crippen molar-refractivity contribution < 1.29 is 0 Å². The first kappa shape index (κ1) is 8.68. The molecule has 2 heterocycles. The van der Waals surface area contributed by atoms with E-state index >= 15 is 0 Å². The number of para-hydroxylation sites is 1. The number of aromatic nitrogens is 1. The van der Waals surface area contributed by atoms with Crippen LogP contribution >= 0.6 is 11.9 Å². The Kier molecular flexibility index (Phi) is 2.03. The van der Waals surface area contributed by atoms with Crippen molar-refractivity contribution in [2.75, 3.05) is 0 Å². The van der Waals surface area contributed by atoms with E-state index in [9.17, 15) is 0 Å². The lowest BCUT2D eigenvalue weighted by Gasteiger charge is -2.03. The van der Waals surface area contributed by atoms with Crippen LogP contribution in [0.15, 0.2) is 45.8 Å². The van der Waals surface area contributed by atoms with Gasteiger partial charge in [-0.2, -0.15) is 0 Å². The van der Waals surface area contributed by atoms with Crippen LogP contribution in [0.3, 0.4) is 0 Å². The monoisotopic (exact) mass is 212 g/mol. The second kappa shape index (κ2) is 3.51. The van der Waals surface area contributed by atoms with E-state index < -0.39 is 0 Å². The Bertz CT molecular complexity index is 573. The third kappa shape index (κ3) is 1.55. The molecule has 1 aliphatic rings. The van der Waals surface area contributed by atoms with Gasteiger partial charge in [-0.15, -0.1) is 0 Å². The molecule has 0 saturated carbocycles. The van der Waals surface area contributed by atoms with Crippen molar-refractivity contribution in [1.82, 2.24) is 4.98 Å². The fourth-order valence-electron chi connectivity index (χ4n) is 1.57. The predicted molar refractivity (Wildman–Crippen MR) is 65.1 cm³/mol. The third-order valence-corrected chi connectivity index (χ3v) is 3.01. The molecule has 0 amide bonds. The van der Waals surface area contributed by atoms with E-state index in [0.29, 0.717) is 0 Å². The number of pyridine rings is 1.